The van der Waals surface area contributed by atoms with Crippen LogP contribution in [0.1, 0.15) is 39.5 Å². The third kappa shape index (κ3) is 21.7. The molecule has 0 aromatic carbocycles. The van der Waals surface area contributed by atoms with E-state index in [2.05, 4.69) is 9.47 Å². The number of carbonyl (C=O) groups is 4. The van der Waals surface area contributed by atoms with Crippen LogP contribution in [0.2, 0.25) is 0 Å². The SMILES string of the molecule is CCCCOC(=O)C=CC(=O)O.CCCCOC(=O)C=CC(=O)O. The largest absolute Gasteiger partial charge is 0.478 e. The summed E-state index contributed by atoms with van der Waals surface area (Å²) in [5.74, 6) is -3.51. The van der Waals surface area contributed by atoms with Crippen molar-refractivity contribution < 1.29 is 38.9 Å². The first-order chi connectivity index (χ1) is 11.3. The molecule has 0 saturated heterocycles. The van der Waals surface area contributed by atoms with Gasteiger partial charge in [-0.05, 0) is 12.8 Å². The predicted octanol–water partition coefficient (Wildman–Crippen LogP) is 1.94. The van der Waals surface area contributed by atoms with Gasteiger partial charge in [0, 0.05) is 24.3 Å². The van der Waals surface area contributed by atoms with Gasteiger partial charge in [0.2, 0.25) is 0 Å². The Kier molecular flexibility index (Phi) is 16.5. The van der Waals surface area contributed by atoms with Gasteiger partial charge < -0.3 is 19.7 Å². The van der Waals surface area contributed by atoms with Crippen molar-refractivity contribution in [2.24, 2.45) is 0 Å². The topological polar surface area (TPSA) is 127 Å². The summed E-state index contributed by atoms with van der Waals surface area (Å²) in [6.45, 7) is 4.64. The van der Waals surface area contributed by atoms with Gasteiger partial charge in [0.1, 0.15) is 0 Å². The van der Waals surface area contributed by atoms with Gasteiger partial charge in [-0.2, -0.15) is 0 Å². The van der Waals surface area contributed by atoms with Crippen LogP contribution < -0.4 is 0 Å². The lowest BCUT2D eigenvalue weighted by Crippen LogP contribution is -2.02. The highest BCUT2D eigenvalue weighted by molar-refractivity contribution is 5.91. The van der Waals surface area contributed by atoms with Crippen LogP contribution in [0.15, 0.2) is 24.3 Å². The summed E-state index contributed by atoms with van der Waals surface area (Å²) in [6, 6.07) is 0. The molecule has 8 nitrogen and oxygen atoms in total. The second-order valence-corrected chi connectivity index (χ2v) is 4.39. The minimum atomic E-state index is -1.15. The Labute approximate surface area is 140 Å². The zero-order chi connectivity index (χ0) is 18.8. The van der Waals surface area contributed by atoms with Crippen LogP contribution in [0.5, 0.6) is 0 Å². The van der Waals surface area contributed by atoms with Gasteiger partial charge in [0.15, 0.2) is 0 Å². The Balaban J connectivity index is 0. The summed E-state index contributed by atoms with van der Waals surface area (Å²) in [6.07, 6.45) is 6.80. The van der Waals surface area contributed by atoms with E-state index in [1.54, 1.807) is 0 Å². The first-order valence-corrected chi connectivity index (χ1v) is 7.48. The maximum Gasteiger partial charge on any atom is 0.331 e. The Morgan fingerprint density at radius 3 is 1.29 bits per heavy atom. The number of rotatable bonds is 10. The summed E-state index contributed by atoms with van der Waals surface area (Å²) < 4.78 is 9.29. The molecule has 0 spiro atoms. The van der Waals surface area contributed by atoms with Crippen molar-refractivity contribution in [3.63, 3.8) is 0 Å². The molecule has 0 atom stereocenters. The van der Waals surface area contributed by atoms with Crippen LogP contribution in [0.25, 0.3) is 0 Å². The molecular weight excluding hydrogens is 320 g/mol. The fourth-order valence-electron chi connectivity index (χ4n) is 1.01. The lowest BCUT2D eigenvalue weighted by Gasteiger charge is -1.97. The van der Waals surface area contributed by atoms with Crippen LogP contribution in [0.4, 0.5) is 0 Å². The molecule has 0 aliphatic heterocycles. The molecule has 0 heterocycles. The Hall–Kier alpha value is -2.64. The zero-order valence-corrected chi connectivity index (χ0v) is 13.9. The number of ether oxygens (including phenoxy) is 2. The highest BCUT2D eigenvalue weighted by atomic mass is 16.5. The molecule has 0 unspecified atom stereocenters. The fraction of sp³-hybridized carbons (Fsp3) is 0.500. The van der Waals surface area contributed by atoms with E-state index in [1.807, 2.05) is 13.8 Å². The van der Waals surface area contributed by atoms with E-state index in [0.29, 0.717) is 13.2 Å². The monoisotopic (exact) mass is 344 g/mol. The van der Waals surface area contributed by atoms with Crippen LogP contribution in [0.3, 0.4) is 0 Å². The average molecular weight is 344 g/mol. The molecule has 0 rings (SSSR count). The molecule has 0 bridgehead atoms. The van der Waals surface area contributed by atoms with Crippen LogP contribution >= 0.6 is 0 Å². The fourth-order valence-corrected chi connectivity index (χ4v) is 1.01. The molecule has 2 N–H and O–H groups in total. The van der Waals surface area contributed by atoms with Crippen molar-refractivity contribution in [3.8, 4) is 0 Å². The molecule has 0 aliphatic rings. The van der Waals surface area contributed by atoms with Crippen molar-refractivity contribution in [2.75, 3.05) is 13.2 Å². The highest BCUT2D eigenvalue weighted by Gasteiger charge is 1.97. The quantitative estimate of drug-likeness (QED) is 0.350. The molecule has 24 heavy (non-hydrogen) atoms. The van der Waals surface area contributed by atoms with Gasteiger partial charge in [-0.25, -0.2) is 19.2 Å². The van der Waals surface area contributed by atoms with Crippen LogP contribution in [0, 0.1) is 0 Å². The predicted molar refractivity (Wildman–Crippen MR) is 85.3 cm³/mol. The van der Waals surface area contributed by atoms with Crippen molar-refractivity contribution in [2.45, 2.75) is 39.5 Å². The molecule has 136 valence electrons. The van der Waals surface area contributed by atoms with E-state index in [4.69, 9.17) is 10.2 Å². The first kappa shape index (κ1) is 23.6. The maximum atomic E-state index is 10.6. The van der Waals surface area contributed by atoms with Crippen LogP contribution in [-0.4, -0.2) is 47.3 Å². The third-order valence-corrected chi connectivity index (χ3v) is 2.21. The van der Waals surface area contributed by atoms with Crippen molar-refractivity contribution in [1.82, 2.24) is 0 Å². The van der Waals surface area contributed by atoms with Crippen molar-refractivity contribution >= 4 is 23.9 Å². The lowest BCUT2D eigenvalue weighted by atomic mass is 10.4. The summed E-state index contributed by atoms with van der Waals surface area (Å²) >= 11 is 0. The second-order valence-electron chi connectivity index (χ2n) is 4.39. The third-order valence-electron chi connectivity index (χ3n) is 2.21. The highest BCUT2D eigenvalue weighted by Crippen LogP contribution is 1.90. The van der Waals surface area contributed by atoms with E-state index in [-0.39, 0.29) is 0 Å². The Bertz CT molecular complexity index is 409. The van der Waals surface area contributed by atoms with Gasteiger partial charge in [-0.3, -0.25) is 0 Å². The molecule has 0 aromatic rings. The normalized spacial score (nSPS) is 10.1. The number of hydrogen-bond acceptors (Lipinski definition) is 6. The van der Waals surface area contributed by atoms with Gasteiger partial charge in [-0.15, -0.1) is 0 Å². The van der Waals surface area contributed by atoms with E-state index in [9.17, 15) is 19.2 Å². The summed E-state index contributed by atoms with van der Waals surface area (Å²) in [5.41, 5.74) is 0. The molecule has 0 amide bonds. The van der Waals surface area contributed by atoms with E-state index < -0.39 is 23.9 Å². The van der Waals surface area contributed by atoms with Crippen molar-refractivity contribution in [1.29, 1.82) is 0 Å². The number of aliphatic carboxylic acids is 2. The van der Waals surface area contributed by atoms with E-state index in [0.717, 1.165) is 50.0 Å². The molecule has 0 radical (unpaired) electrons. The Morgan fingerprint density at radius 1 is 0.708 bits per heavy atom. The number of carboxylic acids is 2. The minimum absolute atomic E-state index is 0.347. The smallest absolute Gasteiger partial charge is 0.331 e. The second kappa shape index (κ2) is 16.7. The average Bonchev–Trinajstić information content (AvgIpc) is 2.52. The Morgan fingerprint density at radius 2 is 1.04 bits per heavy atom. The standard InChI is InChI=1S/2C8H12O4/c2*1-2-3-6-12-8(11)5-4-7(9)10/h2*4-5H,2-3,6H2,1H3,(H,9,10). The van der Waals surface area contributed by atoms with Gasteiger partial charge in [-0.1, -0.05) is 26.7 Å². The number of carboxylic acid groups (broad SMARTS) is 2. The summed E-state index contributed by atoms with van der Waals surface area (Å²) in [4.78, 5) is 41.2. The number of hydrogen-bond donors (Lipinski definition) is 2. The van der Waals surface area contributed by atoms with E-state index in [1.165, 1.54) is 0 Å². The number of carbonyl (C=O) groups excluding carboxylic acids is 2. The van der Waals surface area contributed by atoms with E-state index >= 15 is 0 Å². The maximum absolute atomic E-state index is 10.6. The van der Waals surface area contributed by atoms with Crippen LogP contribution in [-0.2, 0) is 28.7 Å². The molecule has 0 aromatic heterocycles. The first-order valence-electron chi connectivity index (χ1n) is 7.48. The molecule has 0 aliphatic carbocycles. The summed E-state index contributed by atoms with van der Waals surface area (Å²) in [7, 11) is 0. The zero-order valence-electron chi connectivity index (χ0n) is 13.9. The van der Waals surface area contributed by atoms with Gasteiger partial charge in [0.05, 0.1) is 13.2 Å². The number of esters is 2. The molecular formula is C16H24O8. The molecule has 0 saturated carbocycles. The van der Waals surface area contributed by atoms with Gasteiger partial charge in [0.25, 0.3) is 0 Å². The summed E-state index contributed by atoms with van der Waals surface area (Å²) in [5, 5.41) is 16.3. The number of unbranched alkanes of at least 4 members (excludes halogenated alkanes) is 2. The lowest BCUT2D eigenvalue weighted by molar-refractivity contribution is -0.139. The van der Waals surface area contributed by atoms with Crippen molar-refractivity contribution in [3.05, 3.63) is 24.3 Å². The molecule has 0 fully saturated rings. The minimum Gasteiger partial charge on any atom is -0.478 e. The van der Waals surface area contributed by atoms with Gasteiger partial charge >= 0.3 is 23.9 Å². The molecule has 8 heteroatoms.